The van der Waals surface area contributed by atoms with Gasteiger partial charge in [0.05, 0.1) is 20.8 Å². The van der Waals surface area contributed by atoms with E-state index in [0.29, 0.717) is 37.8 Å². The summed E-state index contributed by atoms with van der Waals surface area (Å²) in [7, 11) is 3.24. The molecule has 2 heterocycles. The number of carbonyl (C=O) groups excluding carboxylic acids is 1. The van der Waals surface area contributed by atoms with Crippen LogP contribution in [-0.4, -0.2) is 51.3 Å². The second-order valence-corrected chi connectivity index (χ2v) is 8.10. The highest BCUT2D eigenvalue weighted by Gasteiger charge is 2.35. The fourth-order valence-corrected chi connectivity index (χ4v) is 4.51. The summed E-state index contributed by atoms with van der Waals surface area (Å²) in [5.74, 6) is 1.17. The van der Waals surface area contributed by atoms with Crippen LogP contribution in [0.4, 0.5) is 4.39 Å². The molecule has 166 valence electrons. The summed E-state index contributed by atoms with van der Waals surface area (Å²) in [4.78, 5) is 14.9. The van der Waals surface area contributed by atoms with Crippen molar-refractivity contribution in [1.29, 1.82) is 0 Å². The Kier molecular flexibility index (Phi) is 6.43. The van der Waals surface area contributed by atoms with Crippen LogP contribution in [0.2, 0.25) is 0 Å². The predicted octanol–water partition coefficient (Wildman–Crippen LogP) is 3.02. The van der Waals surface area contributed by atoms with Gasteiger partial charge in [0.25, 0.3) is 0 Å². The first-order valence-corrected chi connectivity index (χ1v) is 10.6. The molecular weight excluding hydrogens is 399 g/mol. The zero-order chi connectivity index (χ0) is 21.8. The van der Waals surface area contributed by atoms with Crippen LogP contribution >= 0.6 is 0 Å². The fourth-order valence-electron chi connectivity index (χ4n) is 4.51. The van der Waals surface area contributed by atoms with Crippen LogP contribution in [0.25, 0.3) is 0 Å². The quantitative estimate of drug-likeness (QED) is 0.767. The van der Waals surface area contributed by atoms with E-state index < -0.39 is 0 Å². The molecule has 7 heteroatoms. The van der Waals surface area contributed by atoms with E-state index in [0.717, 1.165) is 30.4 Å². The summed E-state index contributed by atoms with van der Waals surface area (Å²) in [5.41, 5.74) is 2.87. The van der Waals surface area contributed by atoms with Crippen molar-refractivity contribution in [3.05, 3.63) is 58.9 Å². The standard InChI is InChI=1S/C24H29FN2O4/c1-29-21-13-17-7-10-27(16-18(17)14-22(21)30-2)23(28)15-26-24(8-11-31-12-9-24)19-3-5-20(25)6-4-19/h3-6,13-14,26H,7-12,15-16H2,1-2H3. The summed E-state index contributed by atoms with van der Waals surface area (Å²) in [5, 5.41) is 3.49. The van der Waals surface area contributed by atoms with E-state index in [4.69, 9.17) is 14.2 Å². The van der Waals surface area contributed by atoms with Gasteiger partial charge < -0.3 is 19.1 Å². The van der Waals surface area contributed by atoms with Gasteiger partial charge in [0.2, 0.25) is 5.91 Å². The average Bonchev–Trinajstić information content (AvgIpc) is 2.82. The molecule has 6 nitrogen and oxygen atoms in total. The molecule has 4 rings (SSSR count). The van der Waals surface area contributed by atoms with E-state index in [1.165, 1.54) is 17.7 Å². The van der Waals surface area contributed by atoms with Gasteiger partial charge in [-0.3, -0.25) is 10.1 Å². The number of halogens is 1. The van der Waals surface area contributed by atoms with Gasteiger partial charge in [-0.1, -0.05) is 12.1 Å². The molecule has 1 N–H and O–H groups in total. The van der Waals surface area contributed by atoms with Crippen LogP contribution in [0.15, 0.2) is 36.4 Å². The molecule has 1 fully saturated rings. The molecule has 2 aromatic carbocycles. The number of carbonyl (C=O) groups is 1. The maximum absolute atomic E-state index is 13.4. The summed E-state index contributed by atoms with van der Waals surface area (Å²) < 4.78 is 29.8. The van der Waals surface area contributed by atoms with E-state index >= 15 is 0 Å². The first kappa shape index (κ1) is 21.6. The molecule has 0 spiro atoms. The smallest absolute Gasteiger partial charge is 0.236 e. The Morgan fingerprint density at radius 2 is 1.74 bits per heavy atom. The minimum absolute atomic E-state index is 0.0495. The van der Waals surface area contributed by atoms with Crippen molar-refractivity contribution >= 4 is 5.91 Å². The van der Waals surface area contributed by atoms with Gasteiger partial charge in [-0.15, -0.1) is 0 Å². The lowest BCUT2D eigenvalue weighted by molar-refractivity contribution is -0.131. The fraction of sp³-hybridized carbons (Fsp3) is 0.458. The van der Waals surface area contributed by atoms with Crippen LogP contribution in [0, 0.1) is 5.82 Å². The zero-order valence-electron chi connectivity index (χ0n) is 18.1. The second kappa shape index (κ2) is 9.24. The molecule has 2 aliphatic rings. The minimum Gasteiger partial charge on any atom is -0.493 e. The van der Waals surface area contributed by atoms with E-state index in [2.05, 4.69) is 5.32 Å². The van der Waals surface area contributed by atoms with Gasteiger partial charge in [0.15, 0.2) is 11.5 Å². The lowest BCUT2D eigenvalue weighted by Gasteiger charge is -2.39. The van der Waals surface area contributed by atoms with Gasteiger partial charge in [-0.2, -0.15) is 0 Å². The van der Waals surface area contributed by atoms with Crippen molar-refractivity contribution < 1.29 is 23.4 Å². The van der Waals surface area contributed by atoms with E-state index in [9.17, 15) is 9.18 Å². The molecule has 0 aromatic heterocycles. The molecule has 0 aliphatic carbocycles. The van der Waals surface area contributed by atoms with Crippen LogP contribution in [-0.2, 0) is 28.0 Å². The molecule has 31 heavy (non-hydrogen) atoms. The van der Waals surface area contributed by atoms with Crippen molar-refractivity contribution in [3.63, 3.8) is 0 Å². The Labute approximate surface area is 182 Å². The lowest BCUT2D eigenvalue weighted by atomic mass is 9.82. The molecule has 0 radical (unpaired) electrons. The topological polar surface area (TPSA) is 60.0 Å². The predicted molar refractivity (Wildman–Crippen MR) is 115 cm³/mol. The highest BCUT2D eigenvalue weighted by Crippen LogP contribution is 2.34. The first-order chi connectivity index (χ1) is 15.0. The van der Waals surface area contributed by atoms with Crippen molar-refractivity contribution in [2.45, 2.75) is 31.3 Å². The highest BCUT2D eigenvalue weighted by molar-refractivity contribution is 5.78. The third-order valence-electron chi connectivity index (χ3n) is 6.39. The molecule has 2 aromatic rings. The maximum Gasteiger partial charge on any atom is 0.236 e. The second-order valence-electron chi connectivity index (χ2n) is 8.10. The van der Waals surface area contributed by atoms with Gasteiger partial charge in [0, 0.05) is 31.8 Å². The van der Waals surface area contributed by atoms with Crippen molar-refractivity contribution in [3.8, 4) is 11.5 Å². The molecule has 0 saturated carbocycles. The number of rotatable bonds is 6. The number of methoxy groups -OCH3 is 2. The van der Waals surface area contributed by atoms with Crippen molar-refractivity contribution in [2.24, 2.45) is 0 Å². The van der Waals surface area contributed by atoms with Crippen molar-refractivity contribution in [1.82, 2.24) is 10.2 Å². The maximum atomic E-state index is 13.4. The van der Waals surface area contributed by atoms with Crippen LogP contribution in [0.5, 0.6) is 11.5 Å². The number of amides is 1. The van der Waals surface area contributed by atoms with Crippen LogP contribution in [0.1, 0.15) is 29.5 Å². The average molecular weight is 429 g/mol. The minimum atomic E-state index is -0.383. The van der Waals surface area contributed by atoms with Gasteiger partial charge in [-0.05, 0) is 60.2 Å². The van der Waals surface area contributed by atoms with E-state index in [1.807, 2.05) is 17.0 Å². The number of nitrogens with one attached hydrogen (secondary N) is 1. The monoisotopic (exact) mass is 428 g/mol. The molecule has 2 aliphatic heterocycles. The molecule has 0 unspecified atom stereocenters. The summed E-state index contributed by atoms with van der Waals surface area (Å²) in [6.07, 6.45) is 2.26. The summed E-state index contributed by atoms with van der Waals surface area (Å²) in [6.45, 7) is 2.65. The number of fused-ring (bicyclic) bond motifs is 1. The van der Waals surface area contributed by atoms with Crippen LogP contribution < -0.4 is 14.8 Å². The Morgan fingerprint density at radius 3 is 2.39 bits per heavy atom. The van der Waals surface area contributed by atoms with Gasteiger partial charge in [0.1, 0.15) is 5.82 Å². The molecule has 0 atom stereocenters. The molecule has 1 saturated heterocycles. The molecule has 0 bridgehead atoms. The van der Waals surface area contributed by atoms with Gasteiger partial charge in [-0.25, -0.2) is 4.39 Å². The number of nitrogens with zero attached hydrogens (tertiary/aromatic N) is 1. The number of hydrogen-bond acceptors (Lipinski definition) is 5. The zero-order valence-corrected chi connectivity index (χ0v) is 18.1. The number of hydrogen-bond donors (Lipinski definition) is 1. The first-order valence-electron chi connectivity index (χ1n) is 10.6. The van der Waals surface area contributed by atoms with Crippen LogP contribution in [0.3, 0.4) is 0 Å². The van der Waals surface area contributed by atoms with E-state index in [1.54, 1.807) is 26.4 Å². The number of benzene rings is 2. The Balaban J connectivity index is 1.46. The third kappa shape index (κ3) is 4.52. The Bertz CT molecular complexity index is 926. The summed E-state index contributed by atoms with van der Waals surface area (Å²) in [6, 6.07) is 10.5. The lowest BCUT2D eigenvalue weighted by Crippen LogP contribution is -2.51. The third-order valence-corrected chi connectivity index (χ3v) is 6.39. The molecule has 1 amide bonds. The highest BCUT2D eigenvalue weighted by atomic mass is 19.1. The van der Waals surface area contributed by atoms with Gasteiger partial charge >= 0.3 is 0 Å². The van der Waals surface area contributed by atoms with E-state index in [-0.39, 0.29) is 23.8 Å². The Morgan fingerprint density at radius 1 is 1.10 bits per heavy atom. The summed E-state index contributed by atoms with van der Waals surface area (Å²) >= 11 is 0. The Hall–Kier alpha value is -2.64. The largest absolute Gasteiger partial charge is 0.493 e. The number of ether oxygens (including phenoxy) is 3. The molecular formula is C24H29FN2O4. The SMILES string of the molecule is COc1cc2c(cc1OC)CN(C(=O)CNC1(c3ccc(F)cc3)CCOCC1)CC2. The normalized spacial score (nSPS) is 17.7. The van der Waals surface area contributed by atoms with Crippen molar-refractivity contribution in [2.75, 3.05) is 40.5 Å².